The van der Waals surface area contributed by atoms with Crippen molar-refractivity contribution in [2.75, 3.05) is 13.2 Å². The Morgan fingerprint density at radius 1 is 1.20 bits per heavy atom. The van der Waals surface area contributed by atoms with Gasteiger partial charge in [-0.25, -0.2) is 0 Å². The highest BCUT2D eigenvalue weighted by atomic mass is 16.7. The Morgan fingerprint density at radius 3 is 2.33 bits per heavy atom. The van der Waals surface area contributed by atoms with Crippen molar-refractivity contribution in [1.29, 1.82) is 0 Å². The van der Waals surface area contributed by atoms with Crippen LogP contribution in [0.25, 0.3) is 0 Å². The SMILES string of the molecule is NC1=C(N)N(O)N(O)C(O)=C1NCCO. The van der Waals surface area contributed by atoms with Crippen molar-refractivity contribution < 1.29 is 20.6 Å². The number of nitrogens with one attached hydrogen (secondary N) is 1. The van der Waals surface area contributed by atoms with E-state index < -0.39 is 5.88 Å². The van der Waals surface area contributed by atoms with Crippen LogP contribution < -0.4 is 16.8 Å². The standard InChI is InChI=1S/C6H13N5O4/c7-3-4(9-1-2-12)6(13)11(15)10(14)5(3)8/h9,12-15H,1-2,7-8H2. The van der Waals surface area contributed by atoms with Crippen LogP contribution in [0.1, 0.15) is 0 Å². The van der Waals surface area contributed by atoms with Crippen molar-refractivity contribution in [1.82, 2.24) is 15.7 Å². The van der Waals surface area contributed by atoms with E-state index in [1.165, 1.54) is 0 Å². The molecular weight excluding hydrogens is 206 g/mol. The summed E-state index contributed by atoms with van der Waals surface area (Å²) in [6.07, 6.45) is 0. The van der Waals surface area contributed by atoms with Crippen molar-refractivity contribution in [3.8, 4) is 0 Å². The molecule has 0 spiro atoms. The smallest absolute Gasteiger partial charge is 0.261 e. The second-order valence-electron chi connectivity index (χ2n) is 2.73. The maximum Gasteiger partial charge on any atom is 0.261 e. The van der Waals surface area contributed by atoms with E-state index in [0.717, 1.165) is 0 Å². The third kappa shape index (κ3) is 1.83. The fourth-order valence-electron chi connectivity index (χ4n) is 1.00. The van der Waals surface area contributed by atoms with Gasteiger partial charge >= 0.3 is 0 Å². The minimum Gasteiger partial charge on any atom is -0.490 e. The molecule has 0 unspecified atom stereocenters. The Bertz CT molecular complexity index is 315. The van der Waals surface area contributed by atoms with Crippen LogP contribution in [0.3, 0.4) is 0 Å². The van der Waals surface area contributed by atoms with Gasteiger partial charge < -0.3 is 27.0 Å². The third-order valence-corrected chi connectivity index (χ3v) is 1.77. The summed E-state index contributed by atoms with van der Waals surface area (Å²) in [5.41, 5.74) is 10.6. The largest absolute Gasteiger partial charge is 0.490 e. The van der Waals surface area contributed by atoms with Gasteiger partial charge in [-0.05, 0) is 0 Å². The van der Waals surface area contributed by atoms with Gasteiger partial charge in [0.1, 0.15) is 11.4 Å². The molecule has 0 aliphatic carbocycles. The summed E-state index contributed by atoms with van der Waals surface area (Å²) in [6, 6.07) is 0. The Hall–Kier alpha value is -1.84. The van der Waals surface area contributed by atoms with Crippen LogP contribution in [0.4, 0.5) is 0 Å². The van der Waals surface area contributed by atoms with Crippen molar-refractivity contribution in [3.05, 3.63) is 23.1 Å². The maximum atomic E-state index is 9.36. The first-order valence-electron chi connectivity index (χ1n) is 4.02. The molecule has 1 heterocycles. The number of nitrogens with two attached hydrogens (primary N) is 2. The normalized spacial score (nSPS) is 17.5. The molecule has 0 fully saturated rings. The Kier molecular flexibility index (Phi) is 3.09. The molecule has 0 atom stereocenters. The zero-order valence-electron chi connectivity index (χ0n) is 7.75. The predicted molar refractivity (Wildman–Crippen MR) is 47.4 cm³/mol. The zero-order chi connectivity index (χ0) is 11.6. The lowest BCUT2D eigenvalue weighted by atomic mass is 10.3. The van der Waals surface area contributed by atoms with E-state index >= 15 is 0 Å². The van der Waals surface area contributed by atoms with Gasteiger partial charge in [-0.1, -0.05) is 5.17 Å². The molecule has 0 saturated heterocycles. The minimum absolute atomic E-state index is 0.00536. The molecule has 0 amide bonds. The minimum atomic E-state index is -0.724. The lowest BCUT2D eigenvalue weighted by molar-refractivity contribution is -0.346. The fraction of sp³-hybridized carbons (Fsp3) is 0.333. The summed E-state index contributed by atoms with van der Waals surface area (Å²) in [4.78, 5) is 0. The topological polar surface area (TPSA) is 151 Å². The molecule has 0 saturated carbocycles. The number of rotatable bonds is 3. The van der Waals surface area contributed by atoms with Gasteiger partial charge in [-0.15, -0.1) is 5.17 Å². The third-order valence-electron chi connectivity index (χ3n) is 1.77. The average Bonchev–Trinajstić information content (AvgIpc) is 2.24. The first kappa shape index (κ1) is 11.2. The quantitative estimate of drug-likeness (QED) is 0.277. The number of aliphatic hydroxyl groups is 2. The first-order chi connectivity index (χ1) is 7.00. The molecule has 0 aromatic heterocycles. The molecule has 9 nitrogen and oxygen atoms in total. The van der Waals surface area contributed by atoms with Gasteiger partial charge in [0.15, 0.2) is 5.82 Å². The molecule has 0 aromatic rings. The number of hydrazine groups is 1. The van der Waals surface area contributed by atoms with Gasteiger partial charge in [0.25, 0.3) is 5.88 Å². The molecule has 15 heavy (non-hydrogen) atoms. The monoisotopic (exact) mass is 219 g/mol. The van der Waals surface area contributed by atoms with Crippen molar-refractivity contribution >= 4 is 0 Å². The second-order valence-corrected chi connectivity index (χ2v) is 2.73. The van der Waals surface area contributed by atoms with Crippen LogP contribution in [0.2, 0.25) is 0 Å². The van der Waals surface area contributed by atoms with Crippen molar-refractivity contribution in [3.63, 3.8) is 0 Å². The van der Waals surface area contributed by atoms with E-state index in [2.05, 4.69) is 5.32 Å². The van der Waals surface area contributed by atoms with Crippen LogP contribution in [0.5, 0.6) is 0 Å². The van der Waals surface area contributed by atoms with E-state index in [9.17, 15) is 5.11 Å². The molecule has 1 aliphatic heterocycles. The van der Waals surface area contributed by atoms with E-state index in [-0.39, 0.29) is 40.7 Å². The highest BCUT2D eigenvalue weighted by molar-refractivity contribution is 5.33. The van der Waals surface area contributed by atoms with Crippen molar-refractivity contribution in [2.45, 2.75) is 0 Å². The Balaban J connectivity index is 3.00. The molecule has 86 valence electrons. The summed E-state index contributed by atoms with van der Waals surface area (Å²) < 4.78 is 0. The van der Waals surface area contributed by atoms with Crippen LogP contribution >= 0.6 is 0 Å². The summed E-state index contributed by atoms with van der Waals surface area (Å²) in [5.74, 6) is -1.08. The number of aliphatic hydroxyl groups excluding tert-OH is 2. The van der Waals surface area contributed by atoms with Crippen LogP contribution in [0, 0.1) is 0 Å². The molecule has 9 heteroatoms. The fourth-order valence-corrected chi connectivity index (χ4v) is 1.00. The van der Waals surface area contributed by atoms with Gasteiger partial charge in [-0.3, -0.25) is 10.4 Å². The molecule has 0 radical (unpaired) electrons. The highest BCUT2D eigenvalue weighted by Gasteiger charge is 2.29. The average molecular weight is 219 g/mol. The van der Waals surface area contributed by atoms with Crippen LogP contribution in [-0.4, -0.2) is 44.1 Å². The summed E-state index contributed by atoms with van der Waals surface area (Å²) in [5, 5.41) is 38.8. The number of hydroxylamine groups is 2. The predicted octanol–water partition coefficient (Wildman–Crippen LogP) is -2.31. The van der Waals surface area contributed by atoms with Gasteiger partial charge in [0.05, 0.1) is 6.61 Å². The van der Waals surface area contributed by atoms with Gasteiger partial charge in [-0.2, -0.15) is 0 Å². The number of hydrogen-bond donors (Lipinski definition) is 7. The molecule has 0 aromatic carbocycles. The Morgan fingerprint density at radius 2 is 1.80 bits per heavy atom. The molecule has 9 N–H and O–H groups in total. The van der Waals surface area contributed by atoms with Gasteiger partial charge in [0, 0.05) is 6.54 Å². The molecule has 1 aliphatic rings. The van der Waals surface area contributed by atoms with Crippen LogP contribution in [0.15, 0.2) is 23.1 Å². The Labute approximate surface area is 85.0 Å². The highest BCUT2D eigenvalue weighted by Crippen LogP contribution is 2.19. The maximum absolute atomic E-state index is 9.36. The lowest BCUT2D eigenvalue weighted by Gasteiger charge is -2.31. The molecular formula is C6H13N5O4. The van der Waals surface area contributed by atoms with E-state index in [0.29, 0.717) is 0 Å². The van der Waals surface area contributed by atoms with Crippen LogP contribution in [-0.2, 0) is 0 Å². The number of nitrogens with zero attached hydrogens (tertiary/aromatic N) is 2. The number of hydrogen-bond acceptors (Lipinski definition) is 9. The lowest BCUT2D eigenvalue weighted by Crippen LogP contribution is -2.47. The van der Waals surface area contributed by atoms with Gasteiger partial charge in [0.2, 0.25) is 0 Å². The summed E-state index contributed by atoms with van der Waals surface area (Å²) >= 11 is 0. The van der Waals surface area contributed by atoms with Crippen molar-refractivity contribution in [2.24, 2.45) is 11.5 Å². The summed E-state index contributed by atoms with van der Waals surface area (Å²) in [7, 11) is 0. The zero-order valence-corrected chi connectivity index (χ0v) is 7.75. The second kappa shape index (κ2) is 4.13. The summed E-state index contributed by atoms with van der Waals surface area (Å²) in [6.45, 7) is -0.0924. The molecule has 0 bridgehead atoms. The first-order valence-corrected chi connectivity index (χ1v) is 4.02. The van der Waals surface area contributed by atoms with E-state index in [1.807, 2.05) is 0 Å². The van der Waals surface area contributed by atoms with E-state index in [1.54, 1.807) is 0 Å². The van der Waals surface area contributed by atoms with E-state index in [4.69, 9.17) is 27.0 Å². The molecule has 1 rings (SSSR count).